The van der Waals surface area contributed by atoms with Crippen LogP contribution < -0.4 is 4.90 Å². The van der Waals surface area contributed by atoms with Gasteiger partial charge in [-0.25, -0.2) is 9.97 Å². The Morgan fingerprint density at radius 2 is 2.07 bits per heavy atom. The Bertz CT molecular complexity index is 920. The van der Waals surface area contributed by atoms with Crippen LogP contribution in [0.5, 0.6) is 0 Å². The molecule has 4 heterocycles. The zero-order chi connectivity index (χ0) is 18.6. The van der Waals surface area contributed by atoms with Crippen molar-refractivity contribution in [2.24, 2.45) is 0 Å². The van der Waals surface area contributed by atoms with Crippen LogP contribution in [-0.2, 0) is 0 Å². The van der Waals surface area contributed by atoms with Crippen molar-refractivity contribution in [2.45, 2.75) is 38.3 Å². The molecule has 2 atom stereocenters. The number of hydrogen-bond donors (Lipinski definition) is 0. The Labute approximate surface area is 160 Å². The summed E-state index contributed by atoms with van der Waals surface area (Å²) in [5.74, 6) is 7.56. The van der Waals surface area contributed by atoms with Crippen LogP contribution in [0.3, 0.4) is 0 Å². The van der Waals surface area contributed by atoms with Gasteiger partial charge in [-0.05, 0) is 56.4 Å². The third kappa shape index (κ3) is 3.79. The van der Waals surface area contributed by atoms with Crippen molar-refractivity contribution in [1.29, 1.82) is 5.26 Å². The van der Waals surface area contributed by atoms with E-state index in [0.717, 1.165) is 43.3 Å². The number of anilines is 1. The topological polar surface area (TPSA) is 56.1 Å². The lowest BCUT2D eigenvalue weighted by atomic mass is 9.93. The second-order valence-electron chi connectivity index (χ2n) is 7.20. The van der Waals surface area contributed by atoms with E-state index >= 15 is 0 Å². The van der Waals surface area contributed by atoms with E-state index < -0.39 is 0 Å². The van der Waals surface area contributed by atoms with E-state index in [9.17, 15) is 5.26 Å². The van der Waals surface area contributed by atoms with E-state index in [1.807, 2.05) is 37.3 Å². The van der Waals surface area contributed by atoms with Crippen LogP contribution in [-0.4, -0.2) is 46.6 Å². The average molecular weight is 357 g/mol. The summed E-state index contributed by atoms with van der Waals surface area (Å²) in [4.78, 5) is 13.8. The summed E-state index contributed by atoms with van der Waals surface area (Å²) >= 11 is 0. The molecule has 0 aromatic carbocycles. The van der Waals surface area contributed by atoms with Gasteiger partial charge in [-0.3, -0.25) is 4.90 Å². The van der Waals surface area contributed by atoms with Crippen LogP contribution in [0.4, 0.5) is 5.82 Å². The van der Waals surface area contributed by atoms with E-state index in [0.29, 0.717) is 11.6 Å². The first-order valence-corrected chi connectivity index (χ1v) is 9.55. The average Bonchev–Trinajstić information content (AvgIpc) is 2.71. The molecule has 0 aliphatic carbocycles. The molecule has 0 saturated carbocycles. The minimum atomic E-state index is 0.285. The Morgan fingerprint density at radius 3 is 2.93 bits per heavy atom. The number of fused-ring (bicyclic) bond motifs is 1. The van der Waals surface area contributed by atoms with Gasteiger partial charge in [0.25, 0.3) is 0 Å². The molecule has 136 valence electrons. The lowest BCUT2D eigenvalue weighted by Gasteiger charge is -2.47. The van der Waals surface area contributed by atoms with Crippen molar-refractivity contribution < 1.29 is 0 Å². The summed E-state index contributed by atoms with van der Waals surface area (Å²) < 4.78 is 0. The normalized spacial score (nSPS) is 22.3. The highest BCUT2D eigenvalue weighted by atomic mass is 15.3. The molecule has 2 aromatic rings. The molecule has 0 radical (unpaired) electrons. The summed E-state index contributed by atoms with van der Waals surface area (Å²) in [6.45, 7) is 4.73. The van der Waals surface area contributed by atoms with Gasteiger partial charge in [-0.15, -0.1) is 0 Å². The highest BCUT2D eigenvalue weighted by Crippen LogP contribution is 2.28. The first-order valence-electron chi connectivity index (χ1n) is 9.55. The molecule has 2 aliphatic rings. The monoisotopic (exact) mass is 357 g/mol. The molecule has 2 aromatic heterocycles. The van der Waals surface area contributed by atoms with Crippen molar-refractivity contribution in [3.05, 3.63) is 53.5 Å². The number of aromatic nitrogens is 2. The number of hydrogen-bond acceptors (Lipinski definition) is 5. The number of rotatable bonds is 1. The molecule has 5 nitrogen and oxygen atoms in total. The van der Waals surface area contributed by atoms with Crippen molar-refractivity contribution in [1.82, 2.24) is 14.9 Å². The minimum absolute atomic E-state index is 0.285. The maximum Gasteiger partial charge on any atom is 0.146 e. The number of nitrogens with zero attached hydrogens (tertiary/aromatic N) is 5. The van der Waals surface area contributed by atoms with Gasteiger partial charge in [0.15, 0.2) is 0 Å². The maximum atomic E-state index is 9.37. The van der Waals surface area contributed by atoms with Gasteiger partial charge in [0.2, 0.25) is 0 Å². The fraction of sp³-hybridized carbons (Fsp3) is 0.409. The predicted octanol–water partition coefficient (Wildman–Crippen LogP) is 2.75. The van der Waals surface area contributed by atoms with Gasteiger partial charge in [0.1, 0.15) is 17.6 Å². The minimum Gasteiger partial charge on any atom is -0.353 e. The number of nitriles is 1. The molecule has 0 bridgehead atoms. The SMILES string of the molecule is Cc1cccc(C#C[C@H]2CCCC3CN(c4ncccc4C#N)CCN32)n1. The first-order chi connectivity index (χ1) is 13.2. The third-order valence-corrected chi connectivity index (χ3v) is 5.41. The molecule has 1 unspecified atom stereocenters. The number of piperazine rings is 1. The molecule has 5 heteroatoms. The fourth-order valence-electron chi connectivity index (χ4n) is 4.10. The first kappa shape index (κ1) is 17.5. The van der Waals surface area contributed by atoms with Gasteiger partial charge in [0.05, 0.1) is 11.6 Å². The molecular weight excluding hydrogens is 334 g/mol. The van der Waals surface area contributed by atoms with Crippen molar-refractivity contribution in [3.8, 4) is 17.9 Å². The molecule has 27 heavy (non-hydrogen) atoms. The maximum absolute atomic E-state index is 9.37. The fourth-order valence-corrected chi connectivity index (χ4v) is 4.10. The summed E-state index contributed by atoms with van der Waals surface area (Å²) in [6.07, 6.45) is 5.24. The Balaban J connectivity index is 1.49. The van der Waals surface area contributed by atoms with Crippen LogP contribution in [0, 0.1) is 30.1 Å². The smallest absolute Gasteiger partial charge is 0.146 e. The van der Waals surface area contributed by atoms with Crippen LogP contribution in [0.25, 0.3) is 0 Å². The zero-order valence-electron chi connectivity index (χ0n) is 15.6. The van der Waals surface area contributed by atoms with Crippen LogP contribution in [0.2, 0.25) is 0 Å². The summed E-state index contributed by atoms with van der Waals surface area (Å²) in [6, 6.07) is 12.7. The Hall–Kier alpha value is -2.89. The van der Waals surface area contributed by atoms with Crippen molar-refractivity contribution >= 4 is 5.82 Å². The number of piperidine rings is 1. The predicted molar refractivity (Wildman–Crippen MR) is 105 cm³/mol. The zero-order valence-corrected chi connectivity index (χ0v) is 15.6. The van der Waals surface area contributed by atoms with E-state index in [2.05, 4.69) is 37.7 Å². The van der Waals surface area contributed by atoms with E-state index in [1.54, 1.807) is 6.20 Å². The van der Waals surface area contributed by atoms with Gasteiger partial charge < -0.3 is 4.90 Å². The van der Waals surface area contributed by atoms with Crippen LogP contribution in [0.15, 0.2) is 36.5 Å². The van der Waals surface area contributed by atoms with Gasteiger partial charge >= 0.3 is 0 Å². The van der Waals surface area contributed by atoms with Gasteiger partial charge in [0, 0.05) is 37.6 Å². The van der Waals surface area contributed by atoms with Crippen molar-refractivity contribution in [2.75, 3.05) is 24.5 Å². The summed E-state index contributed by atoms with van der Waals surface area (Å²) in [7, 11) is 0. The lowest BCUT2D eigenvalue weighted by molar-refractivity contribution is 0.100. The van der Waals surface area contributed by atoms with E-state index in [4.69, 9.17) is 0 Å². The molecule has 2 saturated heterocycles. The van der Waals surface area contributed by atoms with E-state index in [-0.39, 0.29) is 6.04 Å². The molecule has 0 amide bonds. The molecule has 2 aliphatic heterocycles. The number of pyridine rings is 2. The molecule has 4 rings (SSSR count). The third-order valence-electron chi connectivity index (χ3n) is 5.41. The summed E-state index contributed by atoms with van der Waals surface area (Å²) in [5, 5.41) is 9.37. The number of aryl methyl sites for hydroxylation is 1. The quantitative estimate of drug-likeness (QED) is 0.735. The van der Waals surface area contributed by atoms with Crippen LogP contribution in [0.1, 0.15) is 36.2 Å². The Morgan fingerprint density at radius 1 is 1.15 bits per heavy atom. The summed E-state index contributed by atoms with van der Waals surface area (Å²) in [5.41, 5.74) is 2.51. The lowest BCUT2D eigenvalue weighted by Crippen LogP contribution is -2.58. The largest absolute Gasteiger partial charge is 0.353 e. The highest BCUT2D eigenvalue weighted by molar-refractivity contribution is 5.54. The van der Waals surface area contributed by atoms with Gasteiger partial charge in [-0.2, -0.15) is 5.26 Å². The van der Waals surface area contributed by atoms with Gasteiger partial charge in [-0.1, -0.05) is 12.0 Å². The molecule has 2 fully saturated rings. The Kier molecular flexibility index (Phi) is 5.05. The molecule has 0 N–H and O–H groups in total. The molecule has 0 spiro atoms. The molecular formula is C22H23N5. The standard InChI is InChI=1S/C22H23N5/c1-17-5-2-7-19(25-17)10-11-20-8-3-9-21-16-26(13-14-27(20)21)22-18(15-23)6-4-12-24-22/h2,4-7,12,20-21H,3,8-9,13-14,16H2,1H3/t20-,21?/m1/s1. The van der Waals surface area contributed by atoms with Crippen LogP contribution >= 0.6 is 0 Å². The van der Waals surface area contributed by atoms with Crippen molar-refractivity contribution in [3.63, 3.8) is 0 Å². The highest BCUT2D eigenvalue weighted by Gasteiger charge is 2.35. The second-order valence-corrected chi connectivity index (χ2v) is 7.20. The second kappa shape index (κ2) is 7.78. The van der Waals surface area contributed by atoms with E-state index in [1.165, 1.54) is 12.8 Å².